The molecule has 65 valence electrons. The number of hydrogen-bond acceptors (Lipinski definition) is 1. The Balaban J connectivity index is 3.25. The Hall–Kier alpha value is -1.07. The molecule has 0 fully saturated rings. The fraction of sp³-hybridized carbons (Fsp3) is 0.0909. The molecule has 1 aromatic rings. The quantitative estimate of drug-likeness (QED) is 0.720. The zero-order chi connectivity index (χ0) is 9.84. The van der Waals surface area contributed by atoms with Gasteiger partial charge in [0, 0.05) is 10.4 Å². The van der Waals surface area contributed by atoms with Crippen molar-refractivity contribution in [2.24, 2.45) is 0 Å². The van der Waals surface area contributed by atoms with Crippen molar-refractivity contribution in [3.05, 3.63) is 53.4 Å². The zero-order valence-corrected chi connectivity index (χ0v) is 8.71. The lowest BCUT2D eigenvalue weighted by Gasteiger charge is -2.09. The maximum atomic E-state index is 8.77. The van der Waals surface area contributed by atoms with E-state index in [0.717, 1.165) is 10.0 Å². The van der Waals surface area contributed by atoms with Gasteiger partial charge in [-0.15, -0.1) is 6.58 Å². The monoisotopic (exact) mass is 234 g/mol. The van der Waals surface area contributed by atoms with Crippen LogP contribution in [0.2, 0.25) is 0 Å². The Morgan fingerprint density at radius 2 is 2.23 bits per heavy atom. The molecule has 13 heavy (non-hydrogen) atoms. The van der Waals surface area contributed by atoms with Crippen LogP contribution in [-0.2, 0) is 0 Å². The molecule has 2 heteroatoms. The first kappa shape index (κ1) is 10.0. The van der Waals surface area contributed by atoms with Crippen molar-refractivity contribution in [1.29, 1.82) is 5.26 Å². The van der Waals surface area contributed by atoms with Gasteiger partial charge in [0.15, 0.2) is 0 Å². The van der Waals surface area contributed by atoms with E-state index in [0.29, 0.717) is 5.56 Å². The maximum Gasteiger partial charge on any atom is 0.100 e. The molecule has 1 aromatic carbocycles. The minimum Gasteiger partial charge on any atom is -0.192 e. The van der Waals surface area contributed by atoms with Crippen molar-refractivity contribution >= 4 is 15.9 Å². The second kappa shape index (κ2) is 4.25. The highest BCUT2D eigenvalue weighted by Gasteiger charge is 2.08. The SMILES string of the molecule is [CH2]C(C=C)c1cccc(C#N)c1Br. The standard InChI is InChI=1S/C11H9BrN/c1-3-8(2)10-6-4-5-9(7-13)11(10)12/h3-6,8H,1-2H2. The molecular weight excluding hydrogens is 226 g/mol. The second-order valence-corrected chi connectivity index (χ2v) is 3.46. The van der Waals surface area contributed by atoms with Gasteiger partial charge in [0.25, 0.3) is 0 Å². The third-order valence-electron chi connectivity index (χ3n) is 1.83. The Bertz CT molecular complexity index is 363. The minimum absolute atomic E-state index is 0.0164. The Morgan fingerprint density at radius 3 is 2.77 bits per heavy atom. The van der Waals surface area contributed by atoms with E-state index in [9.17, 15) is 0 Å². The van der Waals surface area contributed by atoms with Crippen molar-refractivity contribution in [3.8, 4) is 6.07 Å². The van der Waals surface area contributed by atoms with Gasteiger partial charge in [-0.1, -0.05) is 18.2 Å². The highest BCUT2D eigenvalue weighted by molar-refractivity contribution is 9.10. The van der Waals surface area contributed by atoms with Gasteiger partial charge in [-0.3, -0.25) is 0 Å². The molecule has 0 aliphatic carbocycles. The number of rotatable bonds is 2. The normalized spacial score (nSPS) is 11.8. The number of nitrogens with zero attached hydrogens (tertiary/aromatic N) is 1. The predicted octanol–water partition coefficient (Wildman–Crippen LogP) is 3.42. The van der Waals surface area contributed by atoms with Crippen molar-refractivity contribution in [2.45, 2.75) is 5.92 Å². The van der Waals surface area contributed by atoms with Gasteiger partial charge in [-0.05, 0) is 34.5 Å². The lowest BCUT2D eigenvalue weighted by atomic mass is 10.00. The molecule has 1 nitrogen and oxygen atoms in total. The van der Waals surface area contributed by atoms with Crippen LogP contribution in [0.5, 0.6) is 0 Å². The molecule has 0 aliphatic heterocycles. The van der Waals surface area contributed by atoms with E-state index in [1.54, 1.807) is 12.1 Å². The van der Waals surface area contributed by atoms with Gasteiger partial charge in [0.2, 0.25) is 0 Å². The van der Waals surface area contributed by atoms with Crippen LogP contribution in [0.4, 0.5) is 0 Å². The van der Waals surface area contributed by atoms with E-state index < -0.39 is 0 Å². The predicted molar refractivity (Wildman–Crippen MR) is 57.2 cm³/mol. The Kier molecular flexibility index (Phi) is 3.27. The number of hydrogen-bond donors (Lipinski definition) is 0. The minimum atomic E-state index is 0.0164. The molecular formula is C11H9BrN. The molecule has 0 spiro atoms. The number of halogens is 1. The van der Waals surface area contributed by atoms with E-state index in [1.165, 1.54) is 0 Å². The maximum absolute atomic E-state index is 8.77. The molecule has 1 rings (SSSR count). The largest absolute Gasteiger partial charge is 0.192 e. The van der Waals surface area contributed by atoms with Crippen LogP contribution in [0.25, 0.3) is 0 Å². The van der Waals surface area contributed by atoms with Crippen LogP contribution in [0.15, 0.2) is 35.3 Å². The van der Waals surface area contributed by atoms with Crippen LogP contribution in [0, 0.1) is 18.3 Å². The van der Waals surface area contributed by atoms with Crippen molar-refractivity contribution in [2.75, 3.05) is 0 Å². The molecule has 0 aromatic heterocycles. The molecule has 1 atom stereocenters. The number of nitriles is 1. The van der Waals surface area contributed by atoms with Gasteiger partial charge < -0.3 is 0 Å². The lowest BCUT2D eigenvalue weighted by Crippen LogP contribution is -1.92. The Morgan fingerprint density at radius 1 is 1.54 bits per heavy atom. The van der Waals surface area contributed by atoms with Gasteiger partial charge in [0.1, 0.15) is 6.07 Å². The summed E-state index contributed by atoms with van der Waals surface area (Å²) in [6.07, 6.45) is 1.75. The van der Waals surface area contributed by atoms with Crippen LogP contribution in [-0.4, -0.2) is 0 Å². The third-order valence-corrected chi connectivity index (χ3v) is 2.72. The van der Waals surface area contributed by atoms with Crippen LogP contribution in [0.1, 0.15) is 17.0 Å². The first-order valence-electron chi connectivity index (χ1n) is 3.85. The molecule has 0 amide bonds. The van der Waals surface area contributed by atoms with Crippen LogP contribution in [0.3, 0.4) is 0 Å². The summed E-state index contributed by atoms with van der Waals surface area (Å²) in [5.74, 6) is 0.0164. The highest BCUT2D eigenvalue weighted by atomic mass is 79.9. The van der Waals surface area contributed by atoms with Crippen molar-refractivity contribution in [3.63, 3.8) is 0 Å². The van der Waals surface area contributed by atoms with Gasteiger partial charge in [-0.25, -0.2) is 0 Å². The summed E-state index contributed by atoms with van der Waals surface area (Å²) in [6.45, 7) is 7.57. The summed E-state index contributed by atoms with van der Waals surface area (Å²) >= 11 is 3.37. The molecule has 0 bridgehead atoms. The molecule has 1 radical (unpaired) electrons. The molecule has 0 saturated heterocycles. The van der Waals surface area contributed by atoms with E-state index in [1.807, 2.05) is 12.1 Å². The average molecular weight is 235 g/mol. The van der Waals surface area contributed by atoms with Crippen molar-refractivity contribution in [1.82, 2.24) is 0 Å². The topological polar surface area (TPSA) is 23.8 Å². The molecule has 0 heterocycles. The first-order valence-corrected chi connectivity index (χ1v) is 4.64. The highest BCUT2D eigenvalue weighted by Crippen LogP contribution is 2.27. The summed E-state index contributed by atoms with van der Waals surface area (Å²) in [6, 6.07) is 7.66. The van der Waals surface area contributed by atoms with Gasteiger partial charge in [-0.2, -0.15) is 5.26 Å². The first-order chi connectivity index (χ1) is 6.20. The summed E-state index contributed by atoms with van der Waals surface area (Å²) in [4.78, 5) is 0. The number of benzene rings is 1. The van der Waals surface area contributed by atoms with Gasteiger partial charge in [0.05, 0.1) is 5.56 Å². The fourth-order valence-electron chi connectivity index (χ4n) is 1.05. The fourth-order valence-corrected chi connectivity index (χ4v) is 1.70. The van der Waals surface area contributed by atoms with E-state index in [2.05, 4.69) is 35.5 Å². The van der Waals surface area contributed by atoms with Gasteiger partial charge >= 0.3 is 0 Å². The molecule has 1 unspecified atom stereocenters. The summed E-state index contributed by atoms with van der Waals surface area (Å²) in [5.41, 5.74) is 1.63. The zero-order valence-electron chi connectivity index (χ0n) is 7.13. The van der Waals surface area contributed by atoms with Crippen molar-refractivity contribution < 1.29 is 0 Å². The van der Waals surface area contributed by atoms with Crippen LogP contribution >= 0.6 is 15.9 Å². The third kappa shape index (κ3) is 1.99. The van der Waals surface area contributed by atoms with E-state index in [-0.39, 0.29) is 5.92 Å². The van der Waals surface area contributed by atoms with E-state index >= 15 is 0 Å². The smallest absolute Gasteiger partial charge is 0.100 e. The summed E-state index contributed by atoms with van der Waals surface area (Å²) in [5, 5.41) is 8.77. The lowest BCUT2D eigenvalue weighted by molar-refractivity contribution is 1.07. The van der Waals surface area contributed by atoms with Crippen LogP contribution < -0.4 is 0 Å². The molecule has 0 N–H and O–H groups in total. The number of allylic oxidation sites excluding steroid dienone is 1. The molecule has 0 saturated carbocycles. The summed E-state index contributed by atoms with van der Waals surface area (Å²) in [7, 11) is 0. The Labute approximate surface area is 86.8 Å². The summed E-state index contributed by atoms with van der Waals surface area (Å²) < 4.78 is 0.817. The second-order valence-electron chi connectivity index (χ2n) is 2.66. The average Bonchev–Trinajstić information content (AvgIpc) is 2.17. The molecule has 0 aliphatic rings. The van der Waals surface area contributed by atoms with E-state index in [4.69, 9.17) is 5.26 Å².